The Morgan fingerprint density at radius 2 is 1.80 bits per heavy atom. The molecule has 0 aliphatic heterocycles. The molecule has 0 aliphatic rings. The summed E-state index contributed by atoms with van der Waals surface area (Å²) in [5.41, 5.74) is 9.46. The molecule has 0 heterocycles. The van der Waals surface area contributed by atoms with Gasteiger partial charge in [0.2, 0.25) is 0 Å². The summed E-state index contributed by atoms with van der Waals surface area (Å²) in [6.07, 6.45) is 0.277. The van der Waals surface area contributed by atoms with Gasteiger partial charge in [0.05, 0.1) is 0 Å². The zero-order chi connectivity index (χ0) is 18.7. The summed E-state index contributed by atoms with van der Waals surface area (Å²) in [5, 5.41) is 18.6. The third kappa shape index (κ3) is 4.31. The Morgan fingerprint density at radius 3 is 2.36 bits per heavy atom. The Balaban J connectivity index is 2.41. The number of benzene rings is 2. The lowest BCUT2D eigenvalue weighted by atomic mass is 9.90. The molecule has 2 aromatic carbocycles. The van der Waals surface area contributed by atoms with E-state index >= 15 is 0 Å². The van der Waals surface area contributed by atoms with Crippen LogP contribution in [0.4, 0.5) is 0 Å². The highest BCUT2D eigenvalue weighted by molar-refractivity contribution is 5.73. The highest BCUT2D eigenvalue weighted by Crippen LogP contribution is 2.36. The summed E-state index contributed by atoms with van der Waals surface area (Å²) in [7, 11) is 0. The number of aromatic hydroxyl groups is 1. The van der Waals surface area contributed by atoms with Crippen LogP contribution in [0, 0.1) is 13.8 Å². The van der Waals surface area contributed by atoms with Gasteiger partial charge >= 0.3 is 5.97 Å². The lowest BCUT2D eigenvalue weighted by Crippen LogP contribution is -2.32. The van der Waals surface area contributed by atoms with Gasteiger partial charge in [0.15, 0.2) is 0 Å². The van der Waals surface area contributed by atoms with Crippen LogP contribution in [0.3, 0.4) is 0 Å². The molecule has 2 aromatic rings. The fourth-order valence-electron chi connectivity index (χ4n) is 2.97. The van der Waals surface area contributed by atoms with Crippen molar-refractivity contribution in [3.63, 3.8) is 0 Å². The molecule has 0 spiro atoms. The molecule has 0 bridgehead atoms. The van der Waals surface area contributed by atoms with E-state index in [4.69, 9.17) is 15.6 Å². The van der Waals surface area contributed by atoms with Gasteiger partial charge < -0.3 is 20.7 Å². The van der Waals surface area contributed by atoms with Crippen molar-refractivity contribution in [3.05, 3.63) is 52.6 Å². The second kappa shape index (κ2) is 7.57. The average molecular weight is 343 g/mol. The van der Waals surface area contributed by atoms with Crippen LogP contribution >= 0.6 is 0 Å². The topological polar surface area (TPSA) is 92.8 Å². The van der Waals surface area contributed by atoms with Crippen molar-refractivity contribution in [3.8, 4) is 17.2 Å². The molecule has 0 saturated heterocycles. The number of hydrogen-bond donors (Lipinski definition) is 3. The molecule has 5 nitrogen and oxygen atoms in total. The number of carbonyl (C=O) groups is 1. The highest BCUT2D eigenvalue weighted by atomic mass is 16.5. The summed E-state index contributed by atoms with van der Waals surface area (Å²) in [6, 6.07) is 7.78. The summed E-state index contributed by atoms with van der Waals surface area (Å²) >= 11 is 0. The number of rotatable bonds is 6. The SMILES string of the molecule is Cc1cc(O)ccc1Oc1ccc(CC(N)C(=O)O)c(C)c1C(C)C. The van der Waals surface area contributed by atoms with Crippen LogP contribution in [0.1, 0.15) is 42.0 Å². The maximum atomic E-state index is 11.0. The van der Waals surface area contributed by atoms with Crippen molar-refractivity contribution >= 4 is 5.97 Å². The van der Waals surface area contributed by atoms with Crippen LogP contribution < -0.4 is 10.5 Å². The number of hydrogen-bond acceptors (Lipinski definition) is 4. The number of nitrogens with two attached hydrogens (primary N) is 1. The molecule has 0 saturated carbocycles. The van der Waals surface area contributed by atoms with Gasteiger partial charge in [-0.1, -0.05) is 19.9 Å². The molecule has 0 aliphatic carbocycles. The minimum atomic E-state index is -1.01. The van der Waals surface area contributed by atoms with Gasteiger partial charge in [-0.15, -0.1) is 0 Å². The van der Waals surface area contributed by atoms with Crippen molar-refractivity contribution in [1.82, 2.24) is 0 Å². The molecule has 0 aromatic heterocycles. The van der Waals surface area contributed by atoms with Crippen molar-refractivity contribution in [2.45, 2.75) is 46.1 Å². The largest absolute Gasteiger partial charge is 0.508 e. The number of ether oxygens (including phenoxy) is 1. The molecule has 0 amide bonds. The normalized spacial score (nSPS) is 12.2. The number of aliphatic carboxylic acids is 1. The van der Waals surface area contributed by atoms with E-state index in [-0.39, 0.29) is 18.1 Å². The molecule has 0 radical (unpaired) electrons. The van der Waals surface area contributed by atoms with Gasteiger partial charge in [-0.05, 0) is 67.1 Å². The first kappa shape index (κ1) is 18.8. The Labute approximate surface area is 148 Å². The van der Waals surface area contributed by atoms with Gasteiger partial charge in [0.1, 0.15) is 23.3 Å². The third-order valence-corrected chi connectivity index (χ3v) is 4.30. The van der Waals surface area contributed by atoms with Crippen LogP contribution in [0.15, 0.2) is 30.3 Å². The molecule has 1 atom stereocenters. The zero-order valence-electron chi connectivity index (χ0n) is 15.0. The fraction of sp³-hybridized carbons (Fsp3) is 0.350. The number of carboxylic acid groups (broad SMARTS) is 1. The standard InChI is InChI=1S/C20H25NO4/c1-11(2)19-13(4)14(10-16(21)20(23)24)5-7-18(19)25-17-8-6-15(22)9-12(17)3/h5-9,11,16,22H,10,21H2,1-4H3,(H,23,24). The molecule has 5 heteroatoms. The molecular formula is C20H25NO4. The number of carboxylic acids is 1. The first-order chi connectivity index (χ1) is 11.7. The molecule has 0 fully saturated rings. The van der Waals surface area contributed by atoms with Crippen molar-refractivity contribution in [2.24, 2.45) is 5.73 Å². The van der Waals surface area contributed by atoms with E-state index in [0.717, 1.165) is 28.0 Å². The maximum absolute atomic E-state index is 11.0. The lowest BCUT2D eigenvalue weighted by Gasteiger charge is -2.21. The van der Waals surface area contributed by atoms with Crippen LogP contribution in [-0.2, 0) is 11.2 Å². The van der Waals surface area contributed by atoms with E-state index in [9.17, 15) is 9.90 Å². The Morgan fingerprint density at radius 1 is 1.16 bits per heavy atom. The third-order valence-electron chi connectivity index (χ3n) is 4.30. The predicted octanol–water partition coefficient (Wildman–Crippen LogP) is 3.88. The predicted molar refractivity (Wildman–Crippen MR) is 97.5 cm³/mol. The van der Waals surface area contributed by atoms with E-state index in [1.165, 1.54) is 0 Å². The van der Waals surface area contributed by atoms with E-state index in [2.05, 4.69) is 13.8 Å². The lowest BCUT2D eigenvalue weighted by molar-refractivity contribution is -0.138. The van der Waals surface area contributed by atoms with Gasteiger partial charge in [0.25, 0.3) is 0 Å². The molecule has 2 rings (SSSR count). The van der Waals surface area contributed by atoms with Gasteiger partial charge in [-0.3, -0.25) is 4.79 Å². The smallest absolute Gasteiger partial charge is 0.320 e. The van der Waals surface area contributed by atoms with Crippen molar-refractivity contribution in [2.75, 3.05) is 0 Å². The quantitative estimate of drug-likeness (QED) is 0.740. The molecule has 4 N–H and O–H groups in total. The minimum Gasteiger partial charge on any atom is -0.508 e. The van der Waals surface area contributed by atoms with Gasteiger partial charge in [-0.25, -0.2) is 0 Å². The summed E-state index contributed by atoms with van der Waals surface area (Å²) in [6.45, 7) is 7.98. The maximum Gasteiger partial charge on any atom is 0.320 e. The van der Waals surface area contributed by atoms with Crippen LogP contribution in [0.2, 0.25) is 0 Å². The molecule has 134 valence electrons. The van der Waals surface area contributed by atoms with Crippen LogP contribution in [0.5, 0.6) is 17.2 Å². The van der Waals surface area contributed by atoms with E-state index in [1.54, 1.807) is 18.2 Å². The minimum absolute atomic E-state index is 0.197. The van der Waals surface area contributed by atoms with Crippen molar-refractivity contribution < 1.29 is 19.7 Å². The Hall–Kier alpha value is -2.53. The molecular weight excluding hydrogens is 318 g/mol. The van der Waals surface area contributed by atoms with Crippen LogP contribution in [0.25, 0.3) is 0 Å². The van der Waals surface area contributed by atoms with Crippen molar-refractivity contribution in [1.29, 1.82) is 0 Å². The molecule has 1 unspecified atom stereocenters. The number of phenols is 1. The number of aryl methyl sites for hydroxylation is 1. The second-order valence-electron chi connectivity index (χ2n) is 6.62. The Kier molecular flexibility index (Phi) is 5.69. The summed E-state index contributed by atoms with van der Waals surface area (Å²) in [4.78, 5) is 11.0. The van der Waals surface area contributed by atoms with E-state index in [0.29, 0.717) is 5.75 Å². The second-order valence-corrected chi connectivity index (χ2v) is 6.62. The molecule has 25 heavy (non-hydrogen) atoms. The van der Waals surface area contributed by atoms with E-state index < -0.39 is 12.0 Å². The van der Waals surface area contributed by atoms with Gasteiger partial charge in [-0.2, -0.15) is 0 Å². The Bertz CT molecular complexity index is 784. The zero-order valence-corrected chi connectivity index (χ0v) is 15.0. The first-order valence-corrected chi connectivity index (χ1v) is 8.29. The fourth-order valence-corrected chi connectivity index (χ4v) is 2.97. The average Bonchev–Trinajstić information content (AvgIpc) is 2.52. The highest BCUT2D eigenvalue weighted by Gasteiger charge is 2.19. The monoisotopic (exact) mass is 343 g/mol. The number of phenolic OH excluding ortho intramolecular Hbond substituents is 1. The van der Waals surface area contributed by atoms with E-state index in [1.807, 2.05) is 26.0 Å². The van der Waals surface area contributed by atoms with Crippen LogP contribution in [-0.4, -0.2) is 22.2 Å². The summed E-state index contributed by atoms with van der Waals surface area (Å²) < 4.78 is 6.09. The summed E-state index contributed by atoms with van der Waals surface area (Å²) in [5.74, 6) is 0.796. The van der Waals surface area contributed by atoms with Gasteiger partial charge in [0, 0.05) is 5.56 Å². The first-order valence-electron chi connectivity index (χ1n) is 8.29.